The molecule has 0 spiro atoms. The summed E-state index contributed by atoms with van der Waals surface area (Å²) in [5.74, 6) is 6.40. The Labute approximate surface area is 130 Å². The number of rotatable bonds is 0. The molecule has 0 fully saturated rings. The molecule has 1 unspecified atom stereocenters. The highest BCUT2D eigenvalue weighted by atomic mass is 16.5. The van der Waals surface area contributed by atoms with Gasteiger partial charge in [-0.3, -0.25) is 4.90 Å². The molecular formula is C19H17NO2. The fraction of sp³-hybridized carbons (Fsp3) is 0.211. The van der Waals surface area contributed by atoms with Gasteiger partial charge in [-0.25, -0.2) is 4.79 Å². The summed E-state index contributed by atoms with van der Waals surface area (Å²) in [7, 11) is 1.41. The van der Waals surface area contributed by atoms with Crippen LogP contribution in [0.5, 0.6) is 0 Å². The van der Waals surface area contributed by atoms with Gasteiger partial charge in [0.15, 0.2) is 0 Å². The van der Waals surface area contributed by atoms with Crippen molar-refractivity contribution in [2.45, 2.75) is 12.5 Å². The highest BCUT2D eigenvalue weighted by Gasteiger charge is 2.29. The first-order chi connectivity index (χ1) is 10.8. The van der Waals surface area contributed by atoms with Crippen molar-refractivity contribution in [1.29, 1.82) is 0 Å². The molecular weight excluding hydrogens is 274 g/mol. The van der Waals surface area contributed by atoms with Crippen molar-refractivity contribution in [2.24, 2.45) is 0 Å². The predicted molar refractivity (Wildman–Crippen MR) is 85.3 cm³/mol. The van der Waals surface area contributed by atoms with E-state index in [0.29, 0.717) is 6.54 Å². The van der Waals surface area contributed by atoms with E-state index in [1.165, 1.54) is 12.7 Å². The predicted octanol–water partition coefficient (Wildman–Crippen LogP) is 3.40. The molecule has 0 aliphatic carbocycles. The molecule has 3 heteroatoms. The Hall–Kier alpha value is -2.73. The van der Waals surface area contributed by atoms with Crippen LogP contribution >= 0.6 is 0 Å². The fourth-order valence-electron chi connectivity index (χ4n) is 2.71. The van der Waals surface area contributed by atoms with E-state index < -0.39 is 0 Å². The van der Waals surface area contributed by atoms with E-state index in [1.807, 2.05) is 48.5 Å². The second kappa shape index (κ2) is 6.36. The average Bonchev–Trinajstić information content (AvgIpc) is 2.59. The summed E-state index contributed by atoms with van der Waals surface area (Å²) in [6, 6.07) is 17.7. The van der Waals surface area contributed by atoms with Crippen LogP contribution in [0, 0.1) is 11.8 Å². The maximum absolute atomic E-state index is 12.0. The Morgan fingerprint density at radius 1 is 1.14 bits per heavy atom. The fourth-order valence-corrected chi connectivity index (χ4v) is 2.71. The number of methoxy groups -OCH3 is 1. The number of amides is 1. The maximum atomic E-state index is 12.0. The molecule has 1 aliphatic heterocycles. The highest BCUT2D eigenvalue weighted by Crippen LogP contribution is 2.29. The van der Waals surface area contributed by atoms with Gasteiger partial charge in [0.05, 0.1) is 7.11 Å². The first kappa shape index (κ1) is 14.2. The summed E-state index contributed by atoms with van der Waals surface area (Å²) in [4.78, 5) is 13.7. The van der Waals surface area contributed by atoms with Crippen molar-refractivity contribution < 1.29 is 9.53 Å². The van der Waals surface area contributed by atoms with E-state index in [9.17, 15) is 4.79 Å². The van der Waals surface area contributed by atoms with E-state index in [1.54, 1.807) is 4.90 Å². The molecule has 0 saturated heterocycles. The molecule has 22 heavy (non-hydrogen) atoms. The van der Waals surface area contributed by atoms with Crippen LogP contribution in [0.4, 0.5) is 4.79 Å². The van der Waals surface area contributed by atoms with E-state index in [0.717, 1.165) is 17.5 Å². The molecule has 0 bridgehead atoms. The lowest BCUT2D eigenvalue weighted by molar-refractivity contribution is 0.112. The quantitative estimate of drug-likeness (QED) is 0.696. The van der Waals surface area contributed by atoms with Gasteiger partial charge < -0.3 is 4.74 Å². The van der Waals surface area contributed by atoms with Gasteiger partial charge in [-0.1, -0.05) is 54.3 Å². The monoisotopic (exact) mass is 291 g/mol. The first-order valence-electron chi connectivity index (χ1n) is 7.28. The summed E-state index contributed by atoms with van der Waals surface area (Å²) >= 11 is 0. The van der Waals surface area contributed by atoms with Crippen LogP contribution < -0.4 is 0 Å². The van der Waals surface area contributed by atoms with Crippen molar-refractivity contribution in [3.05, 3.63) is 71.3 Å². The molecule has 1 amide bonds. The summed E-state index contributed by atoms with van der Waals surface area (Å²) in [5, 5.41) is 0. The molecule has 0 saturated carbocycles. The van der Waals surface area contributed by atoms with Crippen molar-refractivity contribution in [3.63, 3.8) is 0 Å². The van der Waals surface area contributed by atoms with E-state index in [2.05, 4.69) is 17.9 Å². The molecule has 2 aromatic carbocycles. The van der Waals surface area contributed by atoms with Crippen molar-refractivity contribution in [3.8, 4) is 11.8 Å². The average molecular weight is 291 g/mol. The van der Waals surface area contributed by atoms with Crippen LogP contribution in [0.2, 0.25) is 0 Å². The van der Waals surface area contributed by atoms with Gasteiger partial charge in [-0.05, 0) is 29.7 Å². The lowest BCUT2D eigenvalue weighted by atomic mass is 9.93. The van der Waals surface area contributed by atoms with Gasteiger partial charge in [0.25, 0.3) is 0 Å². The second-order valence-corrected chi connectivity index (χ2v) is 5.15. The lowest BCUT2D eigenvalue weighted by Gasteiger charge is -2.33. The molecule has 1 atom stereocenters. The normalized spacial score (nSPS) is 16.2. The number of ether oxygens (including phenoxy) is 1. The Morgan fingerprint density at radius 3 is 2.64 bits per heavy atom. The first-order valence-corrected chi connectivity index (χ1v) is 7.28. The number of hydrogen-bond acceptors (Lipinski definition) is 2. The van der Waals surface area contributed by atoms with Crippen molar-refractivity contribution >= 4 is 6.09 Å². The van der Waals surface area contributed by atoms with E-state index >= 15 is 0 Å². The van der Waals surface area contributed by atoms with E-state index in [4.69, 9.17) is 4.74 Å². The third-order valence-electron chi connectivity index (χ3n) is 3.82. The minimum atomic E-state index is -0.332. The van der Waals surface area contributed by atoms with Crippen LogP contribution in [0.1, 0.15) is 22.7 Å². The molecule has 0 radical (unpaired) electrons. The highest BCUT2D eigenvalue weighted by molar-refractivity contribution is 5.69. The SMILES string of the molecule is COC(=O)N1CCc2ccccc2C1C#Cc1ccccc1. The smallest absolute Gasteiger partial charge is 0.410 e. The van der Waals surface area contributed by atoms with Gasteiger partial charge >= 0.3 is 6.09 Å². The number of fused-ring (bicyclic) bond motifs is 1. The number of hydrogen-bond donors (Lipinski definition) is 0. The second-order valence-electron chi connectivity index (χ2n) is 5.15. The summed E-state index contributed by atoms with van der Waals surface area (Å²) < 4.78 is 4.91. The van der Waals surface area contributed by atoms with Gasteiger partial charge in [-0.15, -0.1) is 0 Å². The molecule has 3 nitrogen and oxygen atoms in total. The topological polar surface area (TPSA) is 29.5 Å². The number of nitrogens with zero attached hydrogens (tertiary/aromatic N) is 1. The van der Waals surface area contributed by atoms with Gasteiger partial charge in [-0.2, -0.15) is 0 Å². The van der Waals surface area contributed by atoms with Crippen LogP contribution in [0.3, 0.4) is 0 Å². The zero-order chi connectivity index (χ0) is 15.4. The Morgan fingerprint density at radius 2 is 1.86 bits per heavy atom. The maximum Gasteiger partial charge on any atom is 0.410 e. The molecule has 110 valence electrons. The largest absolute Gasteiger partial charge is 0.453 e. The summed E-state index contributed by atoms with van der Waals surface area (Å²) in [6.07, 6.45) is 0.497. The standard InChI is InChI=1S/C19H17NO2/c1-22-19(21)20-14-13-16-9-5-6-10-17(16)18(20)12-11-15-7-3-2-4-8-15/h2-10,18H,13-14H2,1H3. The lowest BCUT2D eigenvalue weighted by Crippen LogP contribution is -2.39. The van der Waals surface area contributed by atoms with Gasteiger partial charge in [0.2, 0.25) is 0 Å². The third kappa shape index (κ3) is 2.82. The zero-order valence-corrected chi connectivity index (χ0v) is 12.5. The zero-order valence-electron chi connectivity index (χ0n) is 12.5. The van der Waals surface area contributed by atoms with Crippen LogP contribution in [0.25, 0.3) is 0 Å². The van der Waals surface area contributed by atoms with Crippen LogP contribution in [0.15, 0.2) is 54.6 Å². The van der Waals surface area contributed by atoms with Crippen molar-refractivity contribution in [2.75, 3.05) is 13.7 Å². The Bertz CT molecular complexity index is 728. The van der Waals surface area contributed by atoms with E-state index in [-0.39, 0.29) is 12.1 Å². The Kier molecular flexibility index (Phi) is 4.11. The van der Waals surface area contributed by atoms with Crippen molar-refractivity contribution in [1.82, 2.24) is 4.90 Å². The molecule has 1 heterocycles. The minimum absolute atomic E-state index is 0.266. The molecule has 2 aromatic rings. The van der Waals surface area contributed by atoms with Gasteiger partial charge in [0, 0.05) is 12.1 Å². The Balaban J connectivity index is 1.99. The summed E-state index contributed by atoms with van der Waals surface area (Å²) in [6.45, 7) is 0.623. The molecule has 3 rings (SSSR count). The number of carbonyl (C=O) groups is 1. The number of carbonyl (C=O) groups excluding carboxylic acids is 1. The van der Waals surface area contributed by atoms with Crippen LogP contribution in [-0.2, 0) is 11.2 Å². The summed E-state index contributed by atoms with van der Waals surface area (Å²) in [5.41, 5.74) is 3.27. The molecule has 0 aromatic heterocycles. The molecule has 1 aliphatic rings. The minimum Gasteiger partial charge on any atom is -0.453 e. The van der Waals surface area contributed by atoms with Crippen LogP contribution in [-0.4, -0.2) is 24.6 Å². The molecule has 0 N–H and O–H groups in total. The van der Waals surface area contributed by atoms with Gasteiger partial charge in [0.1, 0.15) is 6.04 Å². The number of benzene rings is 2. The third-order valence-corrected chi connectivity index (χ3v) is 3.82.